The van der Waals surface area contributed by atoms with E-state index in [1.807, 2.05) is 0 Å². The molecule has 2 heterocycles. The summed E-state index contributed by atoms with van der Waals surface area (Å²) in [5.74, 6) is 0.412. The standard InChI is InChI=1S/C14H22N4O2/c1-2-3-6-15-14-17-8-11(9-18-14)13(19)16-10-12-5-4-7-20-12/h8-9,12H,2-7,10H2,1H3,(H,16,19)(H,15,17,18). The van der Waals surface area contributed by atoms with E-state index in [0.29, 0.717) is 18.1 Å². The molecule has 1 fully saturated rings. The minimum atomic E-state index is -0.152. The summed E-state index contributed by atoms with van der Waals surface area (Å²) < 4.78 is 5.46. The molecular weight excluding hydrogens is 256 g/mol. The summed E-state index contributed by atoms with van der Waals surface area (Å²) in [6.07, 6.45) is 7.52. The van der Waals surface area contributed by atoms with E-state index in [-0.39, 0.29) is 12.0 Å². The maximum atomic E-state index is 11.9. The number of carbonyl (C=O) groups excluding carboxylic acids is 1. The third-order valence-corrected chi connectivity index (χ3v) is 3.24. The number of aromatic nitrogens is 2. The average molecular weight is 278 g/mol. The zero-order valence-electron chi connectivity index (χ0n) is 11.9. The second-order valence-electron chi connectivity index (χ2n) is 4.92. The van der Waals surface area contributed by atoms with Crippen molar-refractivity contribution in [1.29, 1.82) is 0 Å². The topological polar surface area (TPSA) is 76.1 Å². The molecule has 0 aliphatic carbocycles. The Balaban J connectivity index is 1.77. The molecule has 0 bridgehead atoms. The van der Waals surface area contributed by atoms with Crippen LogP contribution >= 0.6 is 0 Å². The quantitative estimate of drug-likeness (QED) is 0.741. The van der Waals surface area contributed by atoms with E-state index in [4.69, 9.17) is 4.74 Å². The first-order valence-corrected chi connectivity index (χ1v) is 7.25. The van der Waals surface area contributed by atoms with Crippen molar-refractivity contribution in [2.24, 2.45) is 0 Å². The number of hydrogen-bond donors (Lipinski definition) is 2. The monoisotopic (exact) mass is 278 g/mol. The SMILES string of the molecule is CCCCNc1ncc(C(=O)NCC2CCCO2)cn1. The van der Waals surface area contributed by atoms with Gasteiger partial charge in [0.1, 0.15) is 0 Å². The van der Waals surface area contributed by atoms with Crippen molar-refractivity contribution in [3.63, 3.8) is 0 Å². The van der Waals surface area contributed by atoms with Crippen LogP contribution in [-0.2, 0) is 4.74 Å². The zero-order valence-corrected chi connectivity index (χ0v) is 11.9. The van der Waals surface area contributed by atoms with Crippen molar-refractivity contribution < 1.29 is 9.53 Å². The average Bonchev–Trinajstić information content (AvgIpc) is 2.99. The van der Waals surface area contributed by atoms with Crippen LogP contribution in [0.4, 0.5) is 5.95 Å². The van der Waals surface area contributed by atoms with Crippen LogP contribution in [0.1, 0.15) is 43.0 Å². The van der Waals surface area contributed by atoms with Gasteiger partial charge in [-0.25, -0.2) is 9.97 Å². The summed E-state index contributed by atoms with van der Waals surface area (Å²) in [5.41, 5.74) is 0.476. The van der Waals surface area contributed by atoms with Crippen LogP contribution in [0.25, 0.3) is 0 Å². The fourth-order valence-electron chi connectivity index (χ4n) is 2.03. The minimum Gasteiger partial charge on any atom is -0.376 e. The molecule has 1 atom stereocenters. The number of nitrogens with zero attached hydrogens (tertiary/aromatic N) is 2. The third kappa shape index (κ3) is 4.45. The highest BCUT2D eigenvalue weighted by atomic mass is 16.5. The van der Waals surface area contributed by atoms with Gasteiger partial charge in [0.25, 0.3) is 5.91 Å². The first-order chi connectivity index (χ1) is 9.79. The Hall–Kier alpha value is -1.69. The summed E-state index contributed by atoms with van der Waals surface area (Å²) in [6, 6.07) is 0. The third-order valence-electron chi connectivity index (χ3n) is 3.24. The first-order valence-electron chi connectivity index (χ1n) is 7.25. The number of nitrogens with one attached hydrogen (secondary N) is 2. The van der Waals surface area contributed by atoms with Gasteiger partial charge in [0.15, 0.2) is 0 Å². The smallest absolute Gasteiger partial charge is 0.254 e. The van der Waals surface area contributed by atoms with Crippen LogP contribution in [0.15, 0.2) is 12.4 Å². The van der Waals surface area contributed by atoms with Gasteiger partial charge < -0.3 is 15.4 Å². The lowest BCUT2D eigenvalue weighted by Crippen LogP contribution is -2.31. The van der Waals surface area contributed by atoms with Gasteiger partial charge in [-0.05, 0) is 19.3 Å². The predicted octanol–water partition coefficient (Wildman–Crippen LogP) is 1.60. The largest absolute Gasteiger partial charge is 0.376 e. The Morgan fingerprint density at radius 1 is 1.45 bits per heavy atom. The maximum Gasteiger partial charge on any atom is 0.254 e. The van der Waals surface area contributed by atoms with E-state index in [0.717, 1.165) is 38.8 Å². The number of unbranched alkanes of at least 4 members (excludes halogenated alkanes) is 1. The highest BCUT2D eigenvalue weighted by Crippen LogP contribution is 2.10. The molecule has 1 aromatic heterocycles. The van der Waals surface area contributed by atoms with E-state index in [2.05, 4.69) is 27.5 Å². The lowest BCUT2D eigenvalue weighted by Gasteiger charge is -2.10. The van der Waals surface area contributed by atoms with Gasteiger partial charge >= 0.3 is 0 Å². The van der Waals surface area contributed by atoms with E-state index < -0.39 is 0 Å². The van der Waals surface area contributed by atoms with Gasteiger partial charge in [0, 0.05) is 32.1 Å². The molecule has 6 heteroatoms. The summed E-state index contributed by atoms with van der Waals surface area (Å²) in [6.45, 7) is 4.32. The summed E-state index contributed by atoms with van der Waals surface area (Å²) >= 11 is 0. The van der Waals surface area contributed by atoms with Crippen molar-refractivity contribution in [2.75, 3.05) is 25.0 Å². The molecule has 1 unspecified atom stereocenters. The Morgan fingerprint density at radius 3 is 2.90 bits per heavy atom. The fraction of sp³-hybridized carbons (Fsp3) is 0.643. The normalized spacial score (nSPS) is 17.9. The summed E-state index contributed by atoms with van der Waals surface area (Å²) in [7, 11) is 0. The second kappa shape index (κ2) is 7.79. The molecule has 2 rings (SSSR count). The number of carbonyl (C=O) groups is 1. The van der Waals surface area contributed by atoms with E-state index >= 15 is 0 Å². The van der Waals surface area contributed by atoms with Crippen LogP contribution in [0.5, 0.6) is 0 Å². The van der Waals surface area contributed by atoms with Gasteiger partial charge in [-0.3, -0.25) is 4.79 Å². The molecule has 20 heavy (non-hydrogen) atoms. The Labute approximate surface area is 119 Å². The van der Waals surface area contributed by atoms with Crippen LogP contribution in [0.3, 0.4) is 0 Å². The molecule has 110 valence electrons. The van der Waals surface area contributed by atoms with Crippen molar-refractivity contribution in [1.82, 2.24) is 15.3 Å². The molecule has 1 aliphatic heterocycles. The molecule has 6 nitrogen and oxygen atoms in total. The highest BCUT2D eigenvalue weighted by Gasteiger charge is 2.16. The van der Waals surface area contributed by atoms with Crippen LogP contribution in [0.2, 0.25) is 0 Å². The van der Waals surface area contributed by atoms with Crippen LogP contribution in [-0.4, -0.2) is 41.7 Å². The number of rotatable bonds is 7. The molecule has 0 spiro atoms. The van der Waals surface area contributed by atoms with Gasteiger partial charge in [-0.2, -0.15) is 0 Å². The maximum absolute atomic E-state index is 11.9. The molecular formula is C14H22N4O2. The lowest BCUT2D eigenvalue weighted by molar-refractivity contribution is 0.0857. The highest BCUT2D eigenvalue weighted by molar-refractivity contribution is 5.93. The van der Waals surface area contributed by atoms with Crippen molar-refractivity contribution in [2.45, 2.75) is 38.7 Å². The molecule has 0 radical (unpaired) electrons. The van der Waals surface area contributed by atoms with Crippen LogP contribution in [0, 0.1) is 0 Å². The van der Waals surface area contributed by atoms with E-state index in [9.17, 15) is 4.79 Å². The lowest BCUT2D eigenvalue weighted by atomic mass is 10.2. The Bertz CT molecular complexity index is 416. The Kier molecular flexibility index (Phi) is 5.73. The summed E-state index contributed by atoms with van der Waals surface area (Å²) in [4.78, 5) is 20.2. The van der Waals surface area contributed by atoms with Crippen molar-refractivity contribution in [3.8, 4) is 0 Å². The van der Waals surface area contributed by atoms with Crippen LogP contribution < -0.4 is 10.6 Å². The van der Waals surface area contributed by atoms with Gasteiger partial charge in [-0.1, -0.05) is 13.3 Å². The predicted molar refractivity (Wildman–Crippen MR) is 76.7 cm³/mol. The molecule has 0 saturated carbocycles. The van der Waals surface area contributed by atoms with Gasteiger partial charge in [0.2, 0.25) is 5.95 Å². The van der Waals surface area contributed by atoms with Gasteiger partial charge in [-0.15, -0.1) is 0 Å². The molecule has 2 N–H and O–H groups in total. The first kappa shape index (κ1) is 14.7. The van der Waals surface area contributed by atoms with Gasteiger partial charge in [0.05, 0.1) is 11.7 Å². The Morgan fingerprint density at radius 2 is 2.25 bits per heavy atom. The summed E-state index contributed by atoms with van der Waals surface area (Å²) in [5, 5.41) is 5.96. The molecule has 1 aliphatic rings. The minimum absolute atomic E-state index is 0.148. The molecule has 0 aromatic carbocycles. The second-order valence-corrected chi connectivity index (χ2v) is 4.92. The van der Waals surface area contributed by atoms with E-state index in [1.165, 1.54) is 0 Å². The number of anilines is 1. The molecule has 1 aromatic rings. The van der Waals surface area contributed by atoms with Crippen molar-refractivity contribution >= 4 is 11.9 Å². The fourth-order valence-corrected chi connectivity index (χ4v) is 2.03. The number of amides is 1. The molecule has 1 amide bonds. The van der Waals surface area contributed by atoms with E-state index in [1.54, 1.807) is 12.4 Å². The zero-order chi connectivity index (χ0) is 14.2. The molecule has 1 saturated heterocycles. The number of ether oxygens (including phenoxy) is 1. The number of hydrogen-bond acceptors (Lipinski definition) is 5. The van der Waals surface area contributed by atoms with Crippen molar-refractivity contribution in [3.05, 3.63) is 18.0 Å².